The molecule has 2 aromatic rings. The van der Waals surface area contributed by atoms with Crippen LogP contribution in [-0.4, -0.2) is 18.1 Å². The van der Waals surface area contributed by atoms with E-state index in [0.29, 0.717) is 17.7 Å². The van der Waals surface area contributed by atoms with Crippen LogP contribution in [0.2, 0.25) is 0 Å². The van der Waals surface area contributed by atoms with Crippen molar-refractivity contribution < 1.29 is 9.90 Å². The van der Waals surface area contributed by atoms with E-state index >= 15 is 0 Å². The number of hydrogen-bond donors (Lipinski definition) is 3. The molecule has 2 aromatic carbocycles. The van der Waals surface area contributed by atoms with Crippen LogP contribution in [0.3, 0.4) is 0 Å². The molecule has 0 bridgehead atoms. The molecule has 98 valence electrons. The molecule has 0 heterocycles. The van der Waals surface area contributed by atoms with Crippen LogP contribution in [0.25, 0.3) is 0 Å². The molecule has 0 saturated heterocycles. The Morgan fingerprint density at radius 3 is 2.53 bits per heavy atom. The van der Waals surface area contributed by atoms with Gasteiger partial charge in [0.05, 0.1) is 5.56 Å². The summed E-state index contributed by atoms with van der Waals surface area (Å²) in [5, 5.41) is 15.4. The van der Waals surface area contributed by atoms with Gasteiger partial charge in [-0.05, 0) is 18.2 Å². The Hall–Kier alpha value is -2.49. The maximum absolute atomic E-state index is 12.1. The van der Waals surface area contributed by atoms with Crippen LogP contribution in [-0.2, 0) is 6.54 Å². The first-order valence-electron chi connectivity index (χ1n) is 6.04. The van der Waals surface area contributed by atoms with Gasteiger partial charge in [0.15, 0.2) is 0 Å². The molecule has 1 amide bonds. The van der Waals surface area contributed by atoms with Crippen molar-refractivity contribution in [2.45, 2.75) is 6.54 Å². The minimum Gasteiger partial charge on any atom is -0.508 e. The van der Waals surface area contributed by atoms with E-state index < -0.39 is 0 Å². The molecule has 0 aliphatic carbocycles. The first-order chi connectivity index (χ1) is 9.22. The molecule has 0 aliphatic rings. The number of nitrogens with one attached hydrogen (secondary N) is 2. The smallest absolute Gasteiger partial charge is 0.253 e. The molecule has 4 heteroatoms. The molecule has 3 N–H and O–H groups in total. The van der Waals surface area contributed by atoms with Crippen LogP contribution in [0.1, 0.15) is 15.9 Å². The molecular weight excluding hydrogens is 240 g/mol. The molecule has 0 spiro atoms. The van der Waals surface area contributed by atoms with Gasteiger partial charge in [-0.3, -0.25) is 4.79 Å². The average molecular weight is 256 g/mol. The van der Waals surface area contributed by atoms with Crippen molar-refractivity contribution in [3.8, 4) is 5.75 Å². The molecule has 0 fully saturated rings. The summed E-state index contributed by atoms with van der Waals surface area (Å²) in [5.41, 5.74) is 2.05. The van der Waals surface area contributed by atoms with Gasteiger partial charge in [0.1, 0.15) is 5.75 Å². The molecule has 0 unspecified atom stereocenters. The molecular formula is C15H16N2O2. The Kier molecular flexibility index (Phi) is 4.03. The second-order valence-electron chi connectivity index (χ2n) is 4.11. The maximum atomic E-state index is 12.1. The fourth-order valence-corrected chi connectivity index (χ4v) is 1.83. The number of aromatic hydroxyl groups is 1. The molecule has 0 aliphatic heterocycles. The van der Waals surface area contributed by atoms with Crippen LogP contribution in [0.15, 0.2) is 48.5 Å². The lowest BCUT2D eigenvalue weighted by molar-refractivity contribution is 0.0951. The summed E-state index contributed by atoms with van der Waals surface area (Å²) in [5.74, 6) is 0.0119. The molecule has 4 nitrogen and oxygen atoms in total. The fourth-order valence-electron chi connectivity index (χ4n) is 1.83. The van der Waals surface area contributed by atoms with Gasteiger partial charge in [-0.1, -0.05) is 30.3 Å². The van der Waals surface area contributed by atoms with Gasteiger partial charge in [-0.2, -0.15) is 0 Å². The van der Waals surface area contributed by atoms with E-state index in [1.807, 2.05) is 24.3 Å². The van der Waals surface area contributed by atoms with Crippen LogP contribution in [0.4, 0.5) is 5.69 Å². The van der Waals surface area contributed by atoms with Crippen LogP contribution in [0.5, 0.6) is 5.75 Å². The van der Waals surface area contributed by atoms with Gasteiger partial charge in [0.25, 0.3) is 5.91 Å². The van der Waals surface area contributed by atoms with Gasteiger partial charge in [-0.15, -0.1) is 0 Å². The van der Waals surface area contributed by atoms with Gasteiger partial charge in [-0.25, -0.2) is 0 Å². The molecule has 0 saturated carbocycles. The number of amides is 1. The van der Waals surface area contributed by atoms with Crippen molar-refractivity contribution in [2.24, 2.45) is 0 Å². The van der Waals surface area contributed by atoms with E-state index in [9.17, 15) is 9.90 Å². The summed E-state index contributed by atoms with van der Waals surface area (Å²) in [7, 11) is 1.77. The Bertz CT molecular complexity index is 582. The van der Waals surface area contributed by atoms with Crippen LogP contribution < -0.4 is 10.6 Å². The second kappa shape index (κ2) is 5.91. The highest BCUT2D eigenvalue weighted by Gasteiger charge is 2.10. The molecule has 2 rings (SSSR count). The normalized spacial score (nSPS) is 9.95. The fraction of sp³-hybridized carbons (Fsp3) is 0.133. The zero-order valence-corrected chi connectivity index (χ0v) is 10.7. The first-order valence-corrected chi connectivity index (χ1v) is 6.04. The number of hydrogen-bond acceptors (Lipinski definition) is 3. The maximum Gasteiger partial charge on any atom is 0.253 e. The highest BCUT2D eigenvalue weighted by Crippen LogP contribution is 2.17. The third-order valence-electron chi connectivity index (χ3n) is 2.87. The van der Waals surface area contributed by atoms with Gasteiger partial charge in [0.2, 0.25) is 0 Å². The van der Waals surface area contributed by atoms with E-state index in [2.05, 4.69) is 10.6 Å². The Balaban J connectivity index is 2.08. The topological polar surface area (TPSA) is 61.4 Å². The van der Waals surface area contributed by atoms with Crippen molar-refractivity contribution >= 4 is 11.6 Å². The Morgan fingerprint density at radius 2 is 1.79 bits per heavy atom. The van der Waals surface area contributed by atoms with Crippen LogP contribution >= 0.6 is 0 Å². The molecule has 0 aromatic heterocycles. The number of phenols is 1. The lowest BCUT2D eigenvalue weighted by Gasteiger charge is -2.10. The number of para-hydroxylation sites is 2. The SMILES string of the molecule is CNc1ccccc1C(=O)NCc1ccccc1O. The summed E-state index contributed by atoms with van der Waals surface area (Å²) in [6.07, 6.45) is 0. The van der Waals surface area contributed by atoms with E-state index in [1.165, 1.54) is 0 Å². The average Bonchev–Trinajstić information content (AvgIpc) is 2.46. The quantitative estimate of drug-likeness (QED) is 0.787. The van der Waals surface area contributed by atoms with E-state index in [1.54, 1.807) is 31.3 Å². The predicted octanol–water partition coefficient (Wildman–Crippen LogP) is 2.36. The third kappa shape index (κ3) is 3.04. The number of phenolic OH excluding ortho intramolecular Hbond substituents is 1. The number of carbonyl (C=O) groups excluding carboxylic acids is 1. The van der Waals surface area contributed by atoms with E-state index in [0.717, 1.165) is 5.69 Å². The number of anilines is 1. The lowest BCUT2D eigenvalue weighted by Crippen LogP contribution is -2.23. The minimum absolute atomic E-state index is 0.173. The standard InChI is InChI=1S/C15H16N2O2/c1-16-13-8-4-3-7-12(13)15(19)17-10-11-6-2-5-9-14(11)18/h2-9,16,18H,10H2,1H3,(H,17,19). The van der Waals surface area contributed by atoms with Crippen molar-refractivity contribution in [1.29, 1.82) is 0 Å². The second-order valence-corrected chi connectivity index (χ2v) is 4.11. The van der Waals surface area contributed by atoms with Crippen molar-refractivity contribution in [3.63, 3.8) is 0 Å². The predicted molar refractivity (Wildman–Crippen MR) is 75.3 cm³/mol. The zero-order chi connectivity index (χ0) is 13.7. The summed E-state index contributed by atoms with van der Waals surface area (Å²) < 4.78 is 0. The molecule has 0 radical (unpaired) electrons. The third-order valence-corrected chi connectivity index (χ3v) is 2.87. The summed E-state index contributed by atoms with van der Waals surface area (Å²) >= 11 is 0. The Labute approximate surface area is 112 Å². The zero-order valence-electron chi connectivity index (χ0n) is 10.7. The lowest BCUT2D eigenvalue weighted by atomic mass is 10.1. The van der Waals surface area contributed by atoms with Gasteiger partial charge >= 0.3 is 0 Å². The summed E-state index contributed by atoms with van der Waals surface area (Å²) in [4.78, 5) is 12.1. The Morgan fingerprint density at radius 1 is 1.11 bits per heavy atom. The summed E-state index contributed by atoms with van der Waals surface area (Å²) in [6.45, 7) is 0.295. The van der Waals surface area contributed by atoms with E-state index in [-0.39, 0.29) is 11.7 Å². The summed E-state index contributed by atoms with van der Waals surface area (Å²) in [6, 6.07) is 14.2. The number of rotatable bonds is 4. The largest absolute Gasteiger partial charge is 0.508 e. The highest BCUT2D eigenvalue weighted by atomic mass is 16.3. The minimum atomic E-state index is -0.173. The molecule has 19 heavy (non-hydrogen) atoms. The van der Waals surface area contributed by atoms with Gasteiger partial charge in [0, 0.05) is 24.8 Å². The van der Waals surface area contributed by atoms with Gasteiger partial charge < -0.3 is 15.7 Å². The number of benzene rings is 2. The monoisotopic (exact) mass is 256 g/mol. The highest BCUT2D eigenvalue weighted by molar-refractivity contribution is 5.99. The van der Waals surface area contributed by atoms with Crippen molar-refractivity contribution in [1.82, 2.24) is 5.32 Å². The van der Waals surface area contributed by atoms with Crippen molar-refractivity contribution in [3.05, 3.63) is 59.7 Å². The molecule has 0 atom stereocenters. The van der Waals surface area contributed by atoms with E-state index in [4.69, 9.17) is 0 Å². The number of carbonyl (C=O) groups is 1. The van der Waals surface area contributed by atoms with Crippen molar-refractivity contribution in [2.75, 3.05) is 12.4 Å². The first kappa shape index (κ1) is 13.0. The van der Waals surface area contributed by atoms with Crippen LogP contribution in [0, 0.1) is 0 Å².